The van der Waals surface area contributed by atoms with E-state index in [4.69, 9.17) is 5.73 Å². The fraction of sp³-hybridized carbons (Fsp3) is 0.381. The van der Waals surface area contributed by atoms with Crippen molar-refractivity contribution in [3.8, 4) is 0 Å². The van der Waals surface area contributed by atoms with E-state index < -0.39 is 0 Å². The molecule has 25 heavy (non-hydrogen) atoms. The van der Waals surface area contributed by atoms with E-state index in [1.54, 1.807) is 0 Å². The molecule has 0 aliphatic carbocycles. The number of nitrogens with zero attached hydrogens (tertiary/aromatic N) is 1. The maximum absolute atomic E-state index is 12.2. The summed E-state index contributed by atoms with van der Waals surface area (Å²) in [5, 5.41) is 3.04. The van der Waals surface area contributed by atoms with Crippen LogP contribution >= 0.6 is 0 Å². The fourth-order valence-electron chi connectivity index (χ4n) is 3.37. The Kier molecular flexibility index (Phi) is 5.84. The topological polar surface area (TPSA) is 58.4 Å². The van der Waals surface area contributed by atoms with Crippen molar-refractivity contribution in [3.05, 3.63) is 71.3 Å². The van der Waals surface area contributed by atoms with Crippen LogP contribution in [0.25, 0.3) is 0 Å². The van der Waals surface area contributed by atoms with Crippen LogP contribution in [0.1, 0.15) is 36.1 Å². The van der Waals surface area contributed by atoms with Crippen LogP contribution in [0.5, 0.6) is 0 Å². The number of hydrogen-bond acceptors (Lipinski definition) is 3. The fourth-order valence-corrected chi connectivity index (χ4v) is 3.37. The van der Waals surface area contributed by atoms with Crippen molar-refractivity contribution < 1.29 is 4.79 Å². The van der Waals surface area contributed by atoms with Crippen LogP contribution in [0.15, 0.2) is 54.6 Å². The van der Waals surface area contributed by atoms with E-state index in [0.717, 1.165) is 25.1 Å². The van der Waals surface area contributed by atoms with Gasteiger partial charge in [-0.3, -0.25) is 9.69 Å². The first kappa shape index (κ1) is 17.6. The van der Waals surface area contributed by atoms with Gasteiger partial charge in [-0.05, 0) is 30.0 Å². The van der Waals surface area contributed by atoms with E-state index >= 15 is 0 Å². The number of carbonyl (C=O) groups is 1. The zero-order valence-electron chi connectivity index (χ0n) is 14.8. The Bertz CT molecular complexity index is 701. The summed E-state index contributed by atoms with van der Waals surface area (Å²) in [6.45, 7) is 4.82. The Morgan fingerprint density at radius 2 is 1.80 bits per heavy atom. The van der Waals surface area contributed by atoms with Crippen molar-refractivity contribution in [2.75, 3.05) is 13.1 Å². The molecule has 2 unspecified atom stereocenters. The average Bonchev–Trinajstić information content (AvgIpc) is 2.66. The molecule has 2 atom stereocenters. The van der Waals surface area contributed by atoms with Gasteiger partial charge in [0, 0.05) is 38.1 Å². The molecule has 132 valence electrons. The Hall–Kier alpha value is -2.17. The monoisotopic (exact) mass is 337 g/mol. The van der Waals surface area contributed by atoms with Crippen LogP contribution in [0.2, 0.25) is 0 Å². The minimum atomic E-state index is -0.252. The average molecular weight is 337 g/mol. The zero-order chi connectivity index (χ0) is 17.6. The lowest BCUT2D eigenvalue weighted by molar-refractivity contribution is -0.121. The molecule has 1 amide bonds. The highest BCUT2D eigenvalue weighted by Crippen LogP contribution is 2.20. The molecule has 0 radical (unpaired) electrons. The second-order valence-corrected chi connectivity index (χ2v) is 6.86. The quantitative estimate of drug-likeness (QED) is 0.852. The number of hydrogen-bond donors (Lipinski definition) is 2. The van der Waals surface area contributed by atoms with E-state index in [-0.39, 0.29) is 11.9 Å². The van der Waals surface area contributed by atoms with Crippen LogP contribution in [-0.4, -0.2) is 29.9 Å². The molecule has 0 fully saturated rings. The highest BCUT2D eigenvalue weighted by molar-refractivity contribution is 5.76. The molecule has 3 N–H and O–H groups in total. The molecule has 0 spiro atoms. The molecule has 0 aromatic heterocycles. The van der Waals surface area contributed by atoms with Gasteiger partial charge in [-0.1, -0.05) is 54.6 Å². The number of nitrogens with one attached hydrogen (secondary N) is 1. The third kappa shape index (κ3) is 4.68. The number of carbonyl (C=O) groups excluding carboxylic acids is 1. The molecule has 3 rings (SSSR count). The largest absolute Gasteiger partial charge is 0.354 e. The van der Waals surface area contributed by atoms with Gasteiger partial charge < -0.3 is 11.1 Å². The van der Waals surface area contributed by atoms with E-state index in [2.05, 4.69) is 41.4 Å². The maximum atomic E-state index is 12.2. The van der Waals surface area contributed by atoms with Crippen LogP contribution in [0.3, 0.4) is 0 Å². The first-order valence-corrected chi connectivity index (χ1v) is 9.01. The van der Waals surface area contributed by atoms with Crippen LogP contribution in [0, 0.1) is 0 Å². The Balaban J connectivity index is 1.46. The number of benzene rings is 2. The molecular weight excluding hydrogens is 310 g/mol. The Morgan fingerprint density at radius 3 is 2.56 bits per heavy atom. The predicted octanol–water partition coefficient (Wildman–Crippen LogP) is 2.64. The second kappa shape index (κ2) is 8.28. The normalized spacial score (nSPS) is 16.7. The third-order valence-electron chi connectivity index (χ3n) is 5.01. The van der Waals surface area contributed by atoms with Gasteiger partial charge in [0.25, 0.3) is 0 Å². The third-order valence-corrected chi connectivity index (χ3v) is 5.01. The predicted molar refractivity (Wildman–Crippen MR) is 101 cm³/mol. The molecule has 1 heterocycles. The highest BCUT2D eigenvalue weighted by Gasteiger charge is 2.21. The first-order valence-electron chi connectivity index (χ1n) is 9.01. The van der Waals surface area contributed by atoms with E-state index in [0.29, 0.717) is 19.0 Å². The van der Waals surface area contributed by atoms with Crippen LogP contribution in [-0.2, 0) is 17.8 Å². The van der Waals surface area contributed by atoms with Gasteiger partial charge in [-0.2, -0.15) is 0 Å². The van der Waals surface area contributed by atoms with Gasteiger partial charge in [0.2, 0.25) is 5.91 Å². The Morgan fingerprint density at radius 1 is 1.12 bits per heavy atom. The molecule has 4 heteroatoms. The van der Waals surface area contributed by atoms with Crippen molar-refractivity contribution in [1.29, 1.82) is 0 Å². The molecule has 2 aromatic carbocycles. The number of amides is 1. The SMILES string of the molecule is CC(CNC(=O)CC(N)c1ccccc1)N1CCc2ccccc2C1. The molecule has 4 nitrogen and oxygen atoms in total. The summed E-state index contributed by atoms with van der Waals surface area (Å²) in [5.74, 6) is 0.0145. The summed E-state index contributed by atoms with van der Waals surface area (Å²) < 4.78 is 0. The number of nitrogens with two attached hydrogens (primary N) is 1. The summed E-state index contributed by atoms with van der Waals surface area (Å²) >= 11 is 0. The van der Waals surface area contributed by atoms with E-state index in [1.807, 2.05) is 30.3 Å². The van der Waals surface area contributed by atoms with Crippen LogP contribution < -0.4 is 11.1 Å². The number of fused-ring (bicyclic) bond motifs is 1. The van der Waals surface area contributed by atoms with Gasteiger partial charge in [0.15, 0.2) is 0 Å². The van der Waals surface area contributed by atoms with Crippen molar-refractivity contribution in [1.82, 2.24) is 10.2 Å². The summed E-state index contributed by atoms with van der Waals surface area (Å²) in [5.41, 5.74) is 9.97. The summed E-state index contributed by atoms with van der Waals surface area (Å²) in [4.78, 5) is 14.6. The lowest BCUT2D eigenvalue weighted by Crippen LogP contribution is -2.44. The molecular formula is C21H27N3O. The van der Waals surface area contributed by atoms with Gasteiger partial charge in [-0.25, -0.2) is 0 Å². The molecule has 0 saturated heterocycles. The smallest absolute Gasteiger partial charge is 0.221 e. The molecule has 0 saturated carbocycles. The van der Waals surface area contributed by atoms with Crippen molar-refractivity contribution in [2.45, 2.75) is 38.4 Å². The standard InChI is InChI=1S/C21H27N3O/c1-16(24-12-11-17-7-5-6-10-19(17)15-24)14-23-21(25)13-20(22)18-8-3-2-4-9-18/h2-10,16,20H,11-15,22H2,1H3,(H,23,25). The van der Waals surface area contributed by atoms with Crippen molar-refractivity contribution in [3.63, 3.8) is 0 Å². The molecule has 2 aromatic rings. The minimum Gasteiger partial charge on any atom is -0.354 e. The second-order valence-electron chi connectivity index (χ2n) is 6.86. The molecule has 0 bridgehead atoms. The zero-order valence-corrected chi connectivity index (χ0v) is 14.8. The minimum absolute atomic E-state index is 0.0145. The summed E-state index contributed by atoms with van der Waals surface area (Å²) in [7, 11) is 0. The van der Waals surface area contributed by atoms with Crippen molar-refractivity contribution >= 4 is 5.91 Å². The van der Waals surface area contributed by atoms with Gasteiger partial charge in [-0.15, -0.1) is 0 Å². The van der Waals surface area contributed by atoms with Gasteiger partial charge in [0.05, 0.1) is 0 Å². The van der Waals surface area contributed by atoms with E-state index in [1.165, 1.54) is 11.1 Å². The lowest BCUT2D eigenvalue weighted by Gasteiger charge is -2.33. The van der Waals surface area contributed by atoms with E-state index in [9.17, 15) is 4.79 Å². The lowest BCUT2D eigenvalue weighted by atomic mass is 9.99. The molecule has 1 aliphatic rings. The van der Waals surface area contributed by atoms with Crippen LogP contribution in [0.4, 0.5) is 0 Å². The van der Waals surface area contributed by atoms with Gasteiger partial charge >= 0.3 is 0 Å². The van der Waals surface area contributed by atoms with Crippen molar-refractivity contribution in [2.24, 2.45) is 5.73 Å². The number of rotatable bonds is 6. The highest BCUT2D eigenvalue weighted by atomic mass is 16.1. The summed E-state index contributed by atoms with van der Waals surface area (Å²) in [6, 6.07) is 18.5. The summed E-state index contributed by atoms with van der Waals surface area (Å²) in [6.07, 6.45) is 1.40. The Labute approximate surface area is 150 Å². The molecule has 1 aliphatic heterocycles. The maximum Gasteiger partial charge on any atom is 0.221 e. The first-order chi connectivity index (χ1) is 12.1. The van der Waals surface area contributed by atoms with Gasteiger partial charge in [0.1, 0.15) is 0 Å².